The lowest BCUT2D eigenvalue weighted by Gasteiger charge is -2.25. The summed E-state index contributed by atoms with van der Waals surface area (Å²) in [7, 11) is 0. The fourth-order valence-corrected chi connectivity index (χ4v) is 3.95. The maximum absolute atomic E-state index is 4.36. The van der Waals surface area contributed by atoms with Crippen LogP contribution in [0.2, 0.25) is 0 Å². The Morgan fingerprint density at radius 3 is 1.24 bits per heavy atom. The van der Waals surface area contributed by atoms with Crippen LogP contribution in [0, 0.1) is 6.92 Å². The number of nitrogens with zero attached hydrogens (tertiary/aromatic N) is 3. The summed E-state index contributed by atoms with van der Waals surface area (Å²) in [5.74, 6) is 0. The number of hydrazone groups is 2. The summed E-state index contributed by atoms with van der Waals surface area (Å²) in [5.41, 5.74) is 14.5. The van der Waals surface area contributed by atoms with Gasteiger partial charge in [0, 0.05) is 17.1 Å². The van der Waals surface area contributed by atoms with Crippen LogP contribution in [0.25, 0.3) is 0 Å². The summed E-state index contributed by atoms with van der Waals surface area (Å²) < 4.78 is 0. The van der Waals surface area contributed by atoms with Crippen LogP contribution in [0.1, 0.15) is 16.7 Å². The Kier molecular flexibility index (Phi) is 7.87. The van der Waals surface area contributed by atoms with Crippen LogP contribution >= 0.6 is 0 Å². The maximum atomic E-state index is 4.36. The second kappa shape index (κ2) is 12.2. The van der Waals surface area contributed by atoms with Crippen LogP contribution < -0.4 is 15.8 Å². The van der Waals surface area contributed by atoms with Crippen LogP contribution in [0.4, 0.5) is 28.4 Å². The average Bonchev–Trinajstić information content (AvgIpc) is 2.97. The quantitative estimate of drug-likeness (QED) is 0.160. The molecule has 5 aromatic rings. The van der Waals surface area contributed by atoms with Gasteiger partial charge in [0.1, 0.15) is 0 Å². The van der Waals surface area contributed by atoms with Crippen molar-refractivity contribution in [2.24, 2.45) is 10.2 Å². The van der Waals surface area contributed by atoms with Gasteiger partial charge in [-0.3, -0.25) is 10.9 Å². The van der Waals surface area contributed by atoms with Crippen molar-refractivity contribution in [3.63, 3.8) is 0 Å². The van der Waals surface area contributed by atoms with Crippen LogP contribution in [-0.4, -0.2) is 12.4 Å². The number of anilines is 5. The van der Waals surface area contributed by atoms with E-state index in [0.29, 0.717) is 0 Å². The van der Waals surface area contributed by atoms with E-state index < -0.39 is 0 Å². The minimum atomic E-state index is 0.954. The lowest BCUT2D eigenvalue weighted by atomic mass is 10.1. The van der Waals surface area contributed by atoms with Gasteiger partial charge in [-0.1, -0.05) is 78.4 Å². The molecule has 0 aliphatic rings. The molecule has 5 heteroatoms. The van der Waals surface area contributed by atoms with Crippen molar-refractivity contribution >= 4 is 40.9 Å². The zero-order valence-corrected chi connectivity index (χ0v) is 21.2. The molecule has 0 aromatic heterocycles. The molecule has 0 saturated carbocycles. The first-order chi connectivity index (χ1) is 18.7. The van der Waals surface area contributed by atoms with Crippen LogP contribution in [-0.2, 0) is 0 Å². The smallest absolute Gasteiger partial charge is 0.0561 e. The Labute approximate surface area is 223 Å². The molecule has 0 radical (unpaired) electrons. The van der Waals surface area contributed by atoms with E-state index >= 15 is 0 Å². The Hall–Kier alpha value is -5.16. The number of hydrogen-bond acceptors (Lipinski definition) is 5. The summed E-state index contributed by atoms with van der Waals surface area (Å²) in [6.45, 7) is 2.10. The van der Waals surface area contributed by atoms with Crippen molar-refractivity contribution in [1.82, 2.24) is 0 Å². The van der Waals surface area contributed by atoms with Crippen molar-refractivity contribution in [2.75, 3.05) is 15.8 Å². The van der Waals surface area contributed by atoms with Gasteiger partial charge in [0.2, 0.25) is 0 Å². The first-order valence-electron chi connectivity index (χ1n) is 12.5. The third kappa shape index (κ3) is 6.53. The Bertz CT molecular complexity index is 1380. The third-order valence-electron chi connectivity index (χ3n) is 5.96. The molecule has 0 spiro atoms. The zero-order chi connectivity index (χ0) is 26.0. The number of rotatable bonds is 9. The Morgan fingerprint density at radius 1 is 0.474 bits per heavy atom. The van der Waals surface area contributed by atoms with Crippen LogP contribution in [0.15, 0.2) is 144 Å². The van der Waals surface area contributed by atoms with E-state index in [9.17, 15) is 0 Å². The first-order valence-corrected chi connectivity index (χ1v) is 12.5. The monoisotopic (exact) mass is 495 g/mol. The van der Waals surface area contributed by atoms with Gasteiger partial charge in [0.25, 0.3) is 0 Å². The molecular weight excluding hydrogens is 466 g/mol. The van der Waals surface area contributed by atoms with E-state index in [-0.39, 0.29) is 0 Å². The van der Waals surface area contributed by atoms with Gasteiger partial charge in [-0.05, 0) is 78.7 Å². The standard InChI is InChI=1S/C33H29N5/c1-26-12-18-31(19-13-26)38(32-20-14-27(15-21-32)24-34-36-29-8-4-2-5-9-29)33-22-16-28(17-23-33)25-35-37-30-10-6-3-7-11-30/h2-25,36-37H,1H3. The van der Waals surface area contributed by atoms with Gasteiger partial charge in [0.15, 0.2) is 0 Å². The number of hydrogen-bond donors (Lipinski definition) is 2. The molecule has 2 N–H and O–H groups in total. The van der Waals surface area contributed by atoms with E-state index in [1.807, 2.05) is 73.1 Å². The van der Waals surface area contributed by atoms with Gasteiger partial charge in [0.05, 0.1) is 23.8 Å². The Balaban J connectivity index is 1.34. The zero-order valence-electron chi connectivity index (χ0n) is 21.2. The summed E-state index contributed by atoms with van der Waals surface area (Å²) in [6, 6.07) is 45.1. The highest BCUT2D eigenvalue weighted by Gasteiger charge is 2.12. The number of nitrogens with one attached hydrogen (secondary N) is 2. The fraction of sp³-hybridized carbons (Fsp3) is 0.0303. The topological polar surface area (TPSA) is 52.0 Å². The van der Waals surface area contributed by atoms with Crippen molar-refractivity contribution in [3.8, 4) is 0 Å². The molecule has 5 nitrogen and oxygen atoms in total. The molecule has 0 unspecified atom stereocenters. The molecule has 0 amide bonds. The molecule has 0 fully saturated rings. The molecule has 5 rings (SSSR count). The molecule has 0 aliphatic carbocycles. The van der Waals surface area contributed by atoms with Crippen LogP contribution in [0.5, 0.6) is 0 Å². The summed E-state index contributed by atoms with van der Waals surface area (Å²) in [5, 5.41) is 8.72. The number of aryl methyl sites for hydroxylation is 1. The molecule has 0 heterocycles. The van der Waals surface area contributed by atoms with E-state index in [2.05, 4.69) is 106 Å². The lowest BCUT2D eigenvalue weighted by Crippen LogP contribution is -2.10. The predicted molar refractivity (Wildman–Crippen MR) is 161 cm³/mol. The van der Waals surface area contributed by atoms with Crippen molar-refractivity contribution in [1.29, 1.82) is 0 Å². The van der Waals surface area contributed by atoms with E-state index in [4.69, 9.17) is 0 Å². The van der Waals surface area contributed by atoms with Crippen molar-refractivity contribution in [3.05, 3.63) is 150 Å². The number of para-hydroxylation sites is 2. The van der Waals surface area contributed by atoms with Crippen molar-refractivity contribution < 1.29 is 0 Å². The largest absolute Gasteiger partial charge is 0.311 e. The maximum Gasteiger partial charge on any atom is 0.0561 e. The molecule has 0 saturated heterocycles. The summed E-state index contributed by atoms with van der Waals surface area (Å²) in [6.07, 6.45) is 3.65. The molecule has 0 bridgehead atoms. The van der Waals surface area contributed by atoms with Gasteiger partial charge in [-0.2, -0.15) is 10.2 Å². The van der Waals surface area contributed by atoms with E-state index in [1.165, 1.54) is 5.56 Å². The van der Waals surface area contributed by atoms with Gasteiger partial charge < -0.3 is 4.90 Å². The minimum Gasteiger partial charge on any atom is -0.311 e. The fourth-order valence-electron chi connectivity index (χ4n) is 3.95. The first kappa shape index (κ1) is 24.5. The van der Waals surface area contributed by atoms with Crippen LogP contribution in [0.3, 0.4) is 0 Å². The normalized spacial score (nSPS) is 11.1. The van der Waals surface area contributed by atoms with E-state index in [1.54, 1.807) is 0 Å². The van der Waals surface area contributed by atoms with Gasteiger partial charge >= 0.3 is 0 Å². The molecule has 5 aromatic carbocycles. The summed E-state index contributed by atoms with van der Waals surface area (Å²) >= 11 is 0. The highest BCUT2D eigenvalue weighted by Crippen LogP contribution is 2.34. The average molecular weight is 496 g/mol. The second-order valence-corrected chi connectivity index (χ2v) is 8.83. The van der Waals surface area contributed by atoms with E-state index in [0.717, 1.165) is 39.6 Å². The lowest BCUT2D eigenvalue weighted by molar-refractivity contribution is 1.27. The molecule has 0 aliphatic heterocycles. The molecule has 38 heavy (non-hydrogen) atoms. The van der Waals surface area contributed by atoms with Gasteiger partial charge in [-0.25, -0.2) is 0 Å². The van der Waals surface area contributed by atoms with Crippen molar-refractivity contribution in [2.45, 2.75) is 6.92 Å². The molecule has 0 atom stereocenters. The Morgan fingerprint density at radius 2 is 0.842 bits per heavy atom. The number of benzene rings is 5. The third-order valence-corrected chi connectivity index (χ3v) is 5.96. The predicted octanol–water partition coefficient (Wildman–Crippen LogP) is 8.36. The highest BCUT2D eigenvalue weighted by atomic mass is 15.3. The molecule has 186 valence electrons. The second-order valence-electron chi connectivity index (χ2n) is 8.83. The minimum absolute atomic E-state index is 0.954. The highest BCUT2D eigenvalue weighted by molar-refractivity contribution is 5.85. The molecular formula is C33H29N5. The van der Waals surface area contributed by atoms with Gasteiger partial charge in [-0.15, -0.1) is 0 Å². The SMILES string of the molecule is Cc1ccc(N(c2ccc(C=NNc3ccccc3)cc2)c2ccc(C=NNc3ccccc3)cc2)cc1. The summed E-state index contributed by atoms with van der Waals surface area (Å²) in [4.78, 5) is 2.24.